The molecule has 1 saturated heterocycles. The molecule has 2 N–H and O–H groups in total. The predicted octanol–water partition coefficient (Wildman–Crippen LogP) is 2.08. The third kappa shape index (κ3) is 4.03. The fourth-order valence-corrected chi connectivity index (χ4v) is 2.87. The van der Waals surface area contributed by atoms with E-state index in [-0.39, 0.29) is 23.2 Å². The molecule has 2 aromatic rings. The molecule has 1 fully saturated rings. The van der Waals surface area contributed by atoms with E-state index >= 15 is 0 Å². The van der Waals surface area contributed by atoms with E-state index in [1.165, 1.54) is 18.3 Å². The van der Waals surface area contributed by atoms with Crippen LogP contribution in [0.1, 0.15) is 23.2 Å². The zero-order valence-corrected chi connectivity index (χ0v) is 14.0. The first-order chi connectivity index (χ1) is 12.0. The number of pyridine rings is 1. The number of piperidine rings is 1. The van der Waals surface area contributed by atoms with E-state index in [9.17, 15) is 14.7 Å². The standard InChI is InChI=1S/C16H16ClN5O3/c17-12-5-6-13(21-20-12)22-8-2-3-10(9-22)15(23)19-14-11(16(24)25)4-1-7-18-14/h1,4-7,10H,2-3,8-9H2,(H,24,25)(H,18,19,23). The fourth-order valence-electron chi connectivity index (χ4n) is 2.77. The monoisotopic (exact) mass is 361 g/mol. The maximum absolute atomic E-state index is 12.5. The summed E-state index contributed by atoms with van der Waals surface area (Å²) >= 11 is 5.75. The maximum Gasteiger partial charge on any atom is 0.339 e. The van der Waals surface area contributed by atoms with E-state index in [0.29, 0.717) is 23.9 Å². The molecule has 1 aliphatic rings. The molecule has 9 heteroatoms. The van der Waals surface area contributed by atoms with Crippen molar-refractivity contribution in [3.63, 3.8) is 0 Å². The number of hydrogen-bond acceptors (Lipinski definition) is 6. The van der Waals surface area contributed by atoms with Crippen LogP contribution in [-0.2, 0) is 4.79 Å². The molecule has 0 spiro atoms. The van der Waals surface area contributed by atoms with Crippen molar-refractivity contribution in [3.8, 4) is 0 Å². The number of nitrogens with zero attached hydrogens (tertiary/aromatic N) is 4. The van der Waals surface area contributed by atoms with E-state index in [0.717, 1.165) is 13.0 Å². The number of hydrogen-bond donors (Lipinski definition) is 2. The number of amides is 1. The molecule has 0 aromatic carbocycles. The molecule has 0 saturated carbocycles. The third-order valence-electron chi connectivity index (χ3n) is 4.01. The van der Waals surface area contributed by atoms with Gasteiger partial charge in [-0.05, 0) is 37.1 Å². The van der Waals surface area contributed by atoms with E-state index in [2.05, 4.69) is 20.5 Å². The SMILES string of the molecule is O=C(O)c1cccnc1NC(=O)C1CCCN(c2ccc(Cl)nn2)C1. The Bertz CT molecular complexity index is 784. The normalized spacial score (nSPS) is 17.2. The minimum atomic E-state index is -1.13. The fraction of sp³-hybridized carbons (Fsp3) is 0.312. The number of aromatic carboxylic acids is 1. The highest BCUT2D eigenvalue weighted by Gasteiger charge is 2.27. The topological polar surface area (TPSA) is 108 Å². The van der Waals surface area contributed by atoms with Gasteiger partial charge in [-0.3, -0.25) is 4.79 Å². The zero-order chi connectivity index (χ0) is 17.8. The molecule has 130 valence electrons. The number of carboxylic acids is 1. The van der Waals surface area contributed by atoms with E-state index in [1.807, 2.05) is 4.90 Å². The van der Waals surface area contributed by atoms with Crippen LogP contribution in [0.2, 0.25) is 5.15 Å². The van der Waals surface area contributed by atoms with Gasteiger partial charge >= 0.3 is 5.97 Å². The molecule has 1 amide bonds. The van der Waals surface area contributed by atoms with Crippen LogP contribution in [0.15, 0.2) is 30.5 Å². The Morgan fingerprint density at radius 1 is 1.28 bits per heavy atom. The Kier molecular flexibility index (Phi) is 5.08. The molecule has 0 radical (unpaired) electrons. The Labute approximate surface area is 148 Å². The molecule has 3 heterocycles. The molecule has 1 aliphatic heterocycles. The smallest absolute Gasteiger partial charge is 0.339 e. The number of anilines is 2. The minimum absolute atomic E-state index is 0.0351. The second kappa shape index (κ2) is 7.43. The molecule has 25 heavy (non-hydrogen) atoms. The van der Waals surface area contributed by atoms with Crippen molar-refractivity contribution >= 4 is 35.1 Å². The first kappa shape index (κ1) is 17.1. The summed E-state index contributed by atoms with van der Waals surface area (Å²) in [6, 6.07) is 6.33. The molecule has 2 aromatic heterocycles. The summed E-state index contributed by atoms with van der Waals surface area (Å²) < 4.78 is 0. The van der Waals surface area contributed by atoms with Crippen molar-refractivity contribution in [2.24, 2.45) is 5.92 Å². The van der Waals surface area contributed by atoms with Crippen molar-refractivity contribution in [3.05, 3.63) is 41.2 Å². The van der Waals surface area contributed by atoms with Crippen LogP contribution in [0, 0.1) is 5.92 Å². The van der Waals surface area contributed by atoms with Gasteiger partial charge < -0.3 is 15.3 Å². The van der Waals surface area contributed by atoms with Crippen molar-refractivity contribution in [2.75, 3.05) is 23.3 Å². The van der Waals surface area contributed by atoms with E-state index < -0.39 is 5.97 Å². The Hall–Kier alpha value is -2.74. The number of nitrogens with one attached hydrogen (secondary N) is 1. The quantitative estimate of drug-likeness (QED) is 0.858. The Balaban J connectivity index is 1.70. The van der Waals surface area contributed by atoms with Crippen LogP contribution in [0.25, 0.3) is 0 Å². The van der Waals surface area contributed by atoms with Crippen LogP contribution in [0.4, 0.5) is 11.6 Å². The Morgan fingerprint density at radius 2 is 2.12 bits per heavy atom. The van der Waals surface area contributed by atoms with Crippen molar-refractivity contribution in [1.29, 1.82) is 0 Å². The van der Waals surface area contributed by atoms with Crippen molar-refractivity contribution < 1.29 is 14.7 Å². The molecule has 3 rings (SSSR count). The highest BCUT2D eigenvalue weighted by molar-refractivity contribution is 6.29. The lowest BCUT2D eigenvalue weighted by Crippen LogP contribution is -2.41. The summed E-state index contributed by atoms with van der Waals surface area (Å²) in [5.74, 6) is -0.970. The third-order valence-corrected chi connectivity index (χ3v) is 4.22. The molecular formula is C16H16ClN5O3. The molecule has 0 bridgehead atoms. The van der Waals surface area contributed by atoms with Gasteiger partial charge in [0.15, 0.2) is 11.0 Å². The van der Waals surface area contributed by atoms with Crippen molar-refractivity contribution in [1.82, 2.24) is 15.2 Å². The summed E-state index contributed by atoms with van der Waals surface area (Å²) in [7, 11) is 0. The lowest BCUT2D eigenvalue weighted by molar-refractivity contribution is -0.120. The number of carbonyl (C=O) groups excluding carboxylic acids is 1. The lowest BCUT2D eigenvalue weighted by atomic mass is 9.97. The summed E-state index contributed by atoms with van der Waals surface area (Å²) in [4.78, 5) is 29.7. The zero-order valence-electron chi connectivity index (χ0n) is 13.2. The second-order valence-electron chi connectivity index (χ2n) is 5.69. The number of aromatic nitrogens is 3. The summed E-state index contributed by atoms with van der Waals surface area (Å²) in [5, 5.41) is 20.0. The average Bonchev–Trinajstić information content (AvgIpc) is 2.62. The van der Waals surface area contributed by atoms with Crippen LogP contribution >= 0.6 is 11.6 Å². The lowest BCUT2D eigenvalue weighted by Gasteiger charge is -2.32. The molecule has 0 aliphatic carbocycles. The number of halogens is 1. The van der Waals surface area contributed by atoms with Crippen molar-refractivity contribution in [2.45, 2.75) is 12.8 Å². The molecule has 1 atom stereocenters. The van der Waals surface area contributed by atoms with Gasteiger partial charge in [0.05, 0.1) is 5.92 Å². The highest BCUT2D eigenvalue weighted by Crippen LogP contribution is 2.23. The molecule has 1 unspecified atom stereocenters. The summed E-state index contributed by atoms with van der Waals surface area (Å²) in [5.41, 5.74) is -0.0351. The number of carboxylic acid groups (broad SMARTS) is 1. The van der Waals surface area contributed by atoms with Gasteiger partial charge in [0.2, 0.25) is 5.91 Å². The van der Waals surface area contributed by atoms with Gasteiger partial charge in [0.1, 0.15) is 11.4 Å². The van der Waals surface area contributed by atoms with Crippen LogP contribution < -0.4 is 10.2 Å². The van der Waals surface area contributed by atoms with Crippen LogP contribution in [-0.4, -0.2) is 45.3 Å². The van der Waals surface area contributed by atoms with Gasteiger partial charge in [-0.25, -0.2) is 9.78 Å². The first-order valence-corrected chi connectivity index (χ1v) is 8.16. The van der Waals surface area contributed by atoms with Gasteiger partial charge in [0, 0.05) is 19.3 Å². The predicted molar refractivity (Wildman–Crippen MR) is 91.8 cm³/mol. The van der Waals surface area contributed by atoms with Gasteiger partial charge in [0.25, 0.3) is 0 Å². The summed E-state index contributed by atoms with van der Waals surface area (Å²) in [6.45, 7) is 1.24. The van der Waals surface area contributed by atoms with Gasteiger partial charge in [-0.1, -0.05) is 11.6 Å². The van der Waals surface area contributed by atoms with Gasteiger partial charge in [-0.15, -0.1) is 10.2 Å². The first-order valence-electron chi connectivity index (χ1n) is 7.78. The average molecular weight is 362 g/mol. The maximum atomic E-state index is 12.5. The number of rotatable bonds is 4. The second-order valence-corrected chi connectivity index (χ2v) is 6.08. The summed E-state index contributed by atoms with van der Waals surface area (Å²) in [6.07, 6.45) is 2.97. The van der Waals surface area contributed by atoms with E-state index in [1.54, 1.807) is 12.1 Å². The minimum Gasteiger partial charge on any atom is -0.478 e. The van der Waals surface area contributed by atoms with Gasteiger partial charge in [-0.2, -0.15) is 0 Å². The largest absolute Gasteiger partial charge is 0.478 e. The van der Waals surface area contributed by atoms with Crippen LogP contribution in [0.3, 0.4) is 0 Å². The molecular weight excluding hydrogens is 346 g/mol. The van der Waals surface area contributed by atoms with Crippen LogP contribution in [0.5, 0.6) is 0 Å². The van der Waals surface area contributed by atoms with E-state index in [4.69, 9.17) is 11.6 Å². The molecule has 8 nitrogen and oxygen atoms in total. The highest BCUT2D eigenvalue weighted by atomic mass is 35.5. The Morgan fingerprint density at radius 3 is 2.84 bits per heavy atom. The number of carbonyl (C=O) groups is 2.